The van der Waals surface area contributed by atoms with E-state index in [0.29, 0.717) is 36.5 Å². The van der Waals surface area contributed by atoms with Crippen molar-refractivity contribution in [3.8, 4) is 28.8 Å². The van der Waals surface area contributed by atoms with E-state index in [1.807, 2.05) is 43.3 Å². The number of hydrogen-bond acceptors (Lipinski definition) is 6. The molecule has 3 aromatic rings. The van der Waals surface area contributed by atoms with Crippen molar-refractivity contribution in [3.63, 3.8) is 0 Å². The summed E-state index contributed by atoms with van der Waals surface area (Å²) in [6, 6.07) is 15.9. The predicted octanol–water partition coefficient (Wildman–Crippen LogP) is 5.10. The molecule has 1 aromatic heterocycles. The lowest BCUT2D eigenvalue weighted by Crippen LogP contribution is -2.43. The Labute approximate surface area is 226 Å². The van der Waals surface area contributed by atoms with E-state index in [0.717, 1.165) is 17.0 Å². The number of carbonyl (C=O) groups is 2. The Balaban J connectivity index is 1.85. The Morgan fingerprint density at radius 2 is 1.87 bits per heavy atom. The molecule has 1 aliphatic rings. The van der Waals surface area contributed by atoms with Crippen LogP contribution in [0.25, 0.3) is 23.0 Å². The Bertz CT molecular complexity index is 1480. The molecule has 0 saturated heterocycles. The van der Waals surface area contributed by atoms with Gasteiger partial charge in [0.25, 0.3) is 11.8 Å². The molecule has 2 aromatic carbocycles. The number of ether oxygens (including phenoxy) is 2. The molecule has 0 aliphatic carbocycles. The normalized spacial score (nSPS) is 14.7. The number of carbonyl (C=O) groups excluding carboxylic acids is 2. The minimum Gasteiger partial charge on any atom is -0.491 e. The second-order valence-electron chi connectivity index (χ2n) is 8.98. The molecule has 0 atom stereocenters. The highest BCUT2D eigenvalue weighted by Crippen LogP contribution is 2.32. The van der Waals surface area contributed by atoms with Crippen molar-refractivity contribution in [1.82, 2.24) is 14.7 Å². The fourth-order valence-electron chi connectivity index (χ4n) is 4.26. The van der Waals surface area contributed by atoms with E-state index in [9.17, 15) is 19.2 Å². The van der Waals surface area contributed by atoms with Crippen molar-refractivity contribution in [3.05, 3.63) is 82.8 Å². The third kappa shape index (κ3) is 5.81. The van der Waals surface area contributed by atoms with E-state index in [-0.39, 0.29) is 29.0 Å². The van der Waals surface area contributed by atoms with E-state index < -0.39 is 17.6 Å². The first-order valence-corrected chi connectivity index (χ1v) is 12.7. The summed E-state index contributed by atoms with van der Waals surface area (Å²) in [5, 5.41) is 14.4. The minimum absolute atomic E-state index is 0.0984. The molecule has 0 saturated carbocycles. The van der Waals surface area contributed by atoms with E-state index in [1.165, 1.54) is 13.2 Å². The maximum atomic E-state index is 14.9. The van der Waals surface area contributed by atoms with Gasteiger partial charge in [-0.1, -0.05) is 25.1 Å². The van der Waals surface area contributed by atoms with Crippen LogP contribution in [0.15, 0.2) is 71.4 Å². The number of benzene rings is 2. The van der Waals surface area contributed by atoms with Gasteiger partial charge in [-0.2, -0.15) is 10.4 Å². The van der Waals surface area contributed by atoms with Gasteiger partial charge >= 0.3 is 0 Å². The zero-order chi connectivity index (χ0) is 27.9. The van der Waals surface area contributed by atoms with Gasteiger partial charge in [0.2, 0.25) is 0 Å². The highest BCUT2D eigenvalue weighted by atomic mass is 19.1. The second kappa shape index (κ2) is 12.3. The monoisotopic (exact) mass is 528 g/mol. The third-order valence-electron chi connectivity index (χ3n) is 6.29. The minimum atomic E-state index is -0.627. The maximum absolute atomic E-state index is 14.9. The van der Waals surface area contributed by atoms with Gasteiger partial charge in [-0.15, -0.1) is 0 Å². The first kappa shape index (κ1) is 27.5. The van der Waals surface area contributed by atoms with Crippen LogP contribution in [0.3, 0.4) is 0 Å². The Kier molecular flexibility index (Phi) is 8.69. The van der Waals surface area contributed by atoms with E-state index in [4.69, 9.17) is 14.6 Å². The van der Waals surface area contributed by atoms with Crippen molar-refractivity contribution < 1.29 is 23.5 Å². The molecule has 200 valence electrons. The molecule has 9 heteroatoms. The van der Waals surface area contributed by atoms with E-state index in [2.05, 4.69) is 0 Å². The summed E-state index contributed by atoms with van der Waals surface area (Å²) in [5.74, 6) is -1.52. The first-order chi connectivity index (χ1) is 18.9. The van der Waals surface area contributed by atoms with Crippen molar-refractivity contribution >= 4 is 17.9 Å². The largest absolute Gasteiger partial charge is 0.491 e. The quantitative estimate of drug-likeness (QED) is 0.206. The summed E-state index contributed by atoms with van der Waals surface area (Å²) in [6.45, 7) is 4.38. The summed E-state index contributed by atoms with van der Waals surface area (Å²) >= 11 is 0. The molecular weight excluding hydrogens is 499 g/mol. The standard InChI is InChI=1S/C30H29FN4O4/c1-4-14-39-27-12-11-21(17-26(27)31)28-22(19-35(33-28)23-9-6-5-7-10-23)16-24-20(2)25(18-32)30(37)34(29(24)36)13-8-15-38-3/h5-7,9-12,16-17,19H,4,8,13-15H2,1-3H3/b24-16+. The average molecular weight is 529 g/mol. The predicted molar refractivity (Wildman–Crippen MR) is 144 cm³/mol. The van der Waals surface area contributed by atoms with Crippen LogP contribution in [0, 0.1) is 17.1 Å². The molecule has 0 fully saturated rings. The van der Waals surface area contributed by atoms with Crippen molar-refractivity contribution in [2.45, 2.75) is 26.7 Å². The third-order valence-corrected chi connectivity index (χ3v) is 6.29. The number of imide groups is 1. The molecule has 0 radical (unpaired) electrons. The van der Waals surface area contributed by atoms with Crippen LogP contribution in [-0.4, -0.2) is 53.4 Å². The van der Waals surface area contributed by atoms with Crippen LogP contribution in [0.5, 0.6) is 5.75 Å². The zero-order valence-corrected chi connectivity index (χ0v) is 22.1. The molecule has 4 rings (SSSR count). The summed E-state index contributed by atoms with van der Waals surface area (Å²) in [5.41, 5.74) is 2.57. The first-order valence-electron chi connectivity index (χ1n) is 12.7. The summed E-state index contributed by atoms with van der Waals surface area (Å²) in [4.78, 5) is 27.4. The van der Waals surface area contributed by atoms with E-state index >= 15 is 0 Å². The van der Waals surface area contributed by atoms with Gasteiger partial charge in [-0.3, -0.25) is 14.5 Å². The smallest absolute Gasteiger partial charge is 0.271 e. The van der Waals surface area contributed by atoms with Crippen molar-refractivity contribution in [1.29, 1.82) is 5.26 Å². The molecule has 2 amide bonds. The Morgan fingerprint density at radius 3 is 2.54 bits per heavy atom. The number of methoxy groups -OCH3 is 1. The number of nitriles is 1. The van der Waals surface area contributed by atoms with Gasteiger partial charge in [0.15, 0.2) is 11.6 Å². The van der Waals surface area contributed by atoms with Gasteiger partial charge < -0.3 is 9.47 Å². The molecule has 0 N–H and O–H groups in total. The lowest BCUT2D eigenvalue weighted by molar-refractivity contribution is -0.140. The van der Waals surface area contributed by atoms with Crippen LogP contribution in [0.4, 0.5) is 4.39 Å². The summed E-state index contributed by atoms with van der Waals surface area (Å²) in [6.07, 6.45) is 4.51. The van der Waals surface area contributed by atoms with E-state index in [1.54, 1.807) is 36.0 Å². The fraction of sp³-hybridized carbons (Fsp3) is 0.267. The highest BCUT2D eigenvalue weighted by molar-refractivity contribution is 6.19. The Hall–Kier alpha value is -4.55. The number of halogens is 1. The molecule has 39 heavy (non-hydrogen) atoms. The van der Waals surface area contributed by atoms with Gasteiger partial charge in [0.05, 0.1) is 12.3 Å². The maximum Gasteiger partial charge on any atom is 0.271 e. The number of hydrogen-bond donors (Lipinski definition) is 0. The van der Waals surface area contributed by atoms with Gasteiger partial charge in [-0.05, 0) is 61.7 Å². The molecule has 1 aliphatic heterocycles. The lowest BCUT2D eigenvalue weighted by Gasteiger charge is -2.27. The molecule has 2 heterocycles. The van der Waals surface area contributed by atoms with Crippen LogP contribution in [-0.2, 0) is 14.3 Å². The second-order valence-corrected chi connectivity index (χ2v) is 8.98. The number of aromatic nitrogens is 2. The average Bonchev–Trinajstić information content (AvgIpc) is 3.37. The van der Waals surface area contributed by atoms with Gasteiger partial charge in [-0.25, -0.2) is 9.07 Å². The van der Waals surface area contributed by atoms with Crippen molar-refractivity contribution in [2.75, 3.05) is 26.9 Å². The fourth-order valence-corrected chi connectivity index (χ4v) is 4.26. The SMILES string of the molecule is CCCOc1ccc(-c2nn(-c3ccccc3)cc2/C=C2/C(=O)N(CCCOC)C(=O)C(C#N)=C2C)cc1F. The summed E-state index contributed by atoms with van der Waals surface area (Å²) < 4.78 is 27.1. The summed E-state index contributed by atoms with van der Waals surface area (Å²) in [7, 11) is 1.53. The van der Waals surface area contributed by atoms with Gasteiger partial charge in [0, 0.05) is 43.2 Å². The molecule has 0 bridgehead atoms. The highest BCUT2D eigenvalue weighted by Gasteiger charge is 2.35. The van der Waals surface area contributed by atoms with Crippen LogP contribution < -0.4 is 4.74 Å². The van der Waals surface area contributed by atoms with Crippen LogP contribution >= 0.6 is 0 Å². The number of nitrogens with zero attached hydrogens (tertiary/aromatic N) is 4. The van der Waals surface area contributed by atoms with Crippen molar-refractivity contribution in [2.24, 2.45) is 0 Å². The van der Waals surface area contributed by atoms with Gasteiger partial charge in [0.1, 0.15) is 17.3 Å². The van der Waals surface area contributed by atoms with Crippen LogP contribution in [0.1, 0.15) is 32.3 Å². The molecule has 0 unspecified atom stereocenters. The molecule has 0 spiro atoms. The number of rotatable bonds is 10. The number of para-hydroxylation sites is 1. The molecular formula is C30H29FN4O4. The topological polar surface area (TPSA) is 97.4 Å². The molecule has 8 nitrogen and oxygen atoms in total. The lowest BCUT2D eigenvalue weighted by atomic mass is 9.93. The van der Waals surface area contributed by atoms with Crippen LogP contribution in [0.2, 0.25) is 0 Å². The number of amides is 2. The Morgan fingerprint density at radius 1 is 1.10 bits per heavy atom. The zero-order valence-electron chi connectivity index (χ0n) is 22.1.